The van der Waals surface area contributed by atoms with Crippen molar-refractivity contribution >= 4 is 10.0 Å². The van der Waals surface area contributed by atoms with E-state index < -0.39 is 26.9 Å². The van der Waals surface area contributed by atoms with Gasteiger partial charge in [-0.05, 0) is 25.0 Å². The van der Waals surface area contributed by atoms with Crippen molar-refractivity contribution in [1.29, 1.82) is 0 Å². The van der Waals surface area contributed by atoms with Gasteiger partial charge in [-0.15, -0.1) is 0 Å². The zero-order valence-electron chi connectivity index (χ0n) is 9.08. The molecule has 2 heterocycles. The van der Waals surface area contributed by atoms with Gasteiger partial charge < -0.3 is 5.11 Å². The molecular formula is C10H13FN2O3S. The van der Waals surface area contributed by atoms with E-state index in [1.165, 1.54) is 12.3 Å². The molecule has 0 saturated carbocycles. The first-order valence-electron chi connectivity index (χ1n) is 5.30. The summed E-state index contributed by atoms with van der Waals surface area (Å²) >= 11 is 0. The van der Waals surface area contributed by atoms with Crippen LogP contribution in [0.2, 0.25) is 0 Å². The molecule has 0 bridgehead atoms. The second-order valence-corrected chi connectivity index (χ2v) is 5.69. The molecule has 1 N–H and O–H groups in total. The first-order chi connectivity index (χ1) is 8.07. The third kappa shape index (κ3) is 2.18. The molecule has 7 heteroatoms. The highest BCUT2D eigenvalue weighted by molar-refractivity contribution is 7.89. The maximum atomic E-state index is 13.4. The van der Waals surface area contributed by atoms with Gasteiger partial charge in [0, 0.05) is 18.8 Å². The SMILES string of the molecule is O=S(=O)(c1ncccc1F)N1CCC[C@@H]1CO. The minimum Gasteiger partial charge on any atom is -0.395 e. The number of nitrogens with zero attached hydrogens (tertiary/aromatic N) is 2. The Morgan fingerprint density at radius 2 is 2.35 bits per heavy atom. The number of halogens is 1. The van der Waals surface area contributed by atoms with Crippen LogP contribution in [0.25, 0.3) is 0 Å². The Balaban J connectivity index is 2.40. The Morgan fingerprint density at radius 3 is 3.00 bits per heavy atom. The van der Waals surface area contributed by atoms with E-state index >= 15 is 0 Å². The lowest BCUT2D eigenvalue weighted by Gasteiger charge is -2.21. The molecule has 1 saturated heterocycles. The zero-order valence-corrected chi connectivity index (χ0v) is 9.90. The lowest BCUT2D eigenvalue weighted by molar-refractivity contribution is 0.213. The van der Waals surface area contributed by atoms with Crippen LogP contribution in [-0.4, -0.2) is 42.0 Å². The topological polar surface area (TPSA) is 70.5 Å². The van der Waals surface area contributed by atoms with Crippen LogP contribution in [0.3, 0.4) is 0 Å². The molecule has 0 aliphatic carbocycles. The molecule has 1 atom stereocenters. The normalized spacial score (nSPS) is 21.9. The molecule has 1 aliphatic heterocycles. The van der Waals surface area contributed by atoms with Gasteiger partial charge >= 0.3 is 0 Å². The van der Waals surface area contributed by atoms with Crippen molar-refractivity contribution in [3.63, 3.8) is 0 Å². The Bertz CT molecular complexity index is 506. The van der Waals surface area contributed by atoms with Crippen molar-refractivity contribution in [2.75, 3.05) is 13.2 Å². The Kier molecular flexibility index (Phi) is 3.41. The minimum atomic E-state index is -3.94. The number of pyridine rings is 1. The monoisotopic (exact) mass is 260 g/mol. The molecule has 1 fully saturated rings. The summed E-state index contributed by atoms with van der Waals surface area (Å²) in [5.41, 5.74) is 0. The van der Waals surface area contributed by atoms with Crippen molar-refractivity contribution in [2.45, 2.75) is 23.9 Å². The summed E-state index contributed by atoms with van der Waals surface area (Å²) in [6.07, 6.45) is 2.49. The van der Waals surface area contributed by atoms with Gasteiger partial charge in [-0.3, -0.25) is 0 Å². The highest BCUT2D eigenvalue weighted by Crippen LogP contribution is 2.25. The van der Waals surface area contributed by atoms with Crippen molar-refractivity contribution in [3.8, 4) is 0 Å². The van der Waals surface area contributed by atoms with E-state index in [2.05, 4.69) is 4.98 Å². The van der Waals surface area contributed by atoms with Crippen LogP contribution in [0.5, 0.6) is 0 Å². The summed E-state index contributed by atoms with van der Waals surface area (Å²) in [7, 11) is -3.94. The van der Waals surface area contributed by atoms with Crippen LogP contribution in [0.15, 0.2) is 23.4 Å². The van der Waals surface area contributed by atoms with Crippen LogP contribution in [0.4, 0.5) is 4.39 Å². The highest BCUT2D eigenvalue weighted by atomic mass is 32.2. The number of sulfonamides is 1. The predicted molar refractivity (Wildman–Crippen MR) is 58.2 cm³/mol. The number of hydrogen-bond donors (Lipinski definition) is 1. The molecule has 0 unspecified atom stereocenters. The van der Waals surface area contributed by atoms with E-state index in [1.807, 2.05) is 0 Å². The van der Waals surface area contributed by atoms with E-state index in [0.717, 1.165) is 10.4 Å². The Morgan fingerprint density at radius 1 is 1.59 bits per heavy atom. The number of rotatable bonds is 3. The predicted octanol–water partition coefficient (Wildman–Crippen LogP) is 0.366. The van der Waals surface area contributed by atoms with E-state index in [0.29, 0.717) is 19.4 Å². The molecule has 0 radical (unpaired) electrons. The van der Waals surface area contributed by atoms with Crippen molar-refractivity contribution < 1.29 is 17.9 Å². The van der Waals surface area contributed by atoms with Gasteiger partial charge in [0.2, 0.25) is 5.03 Å². The van der Waals surface area contributed by atoms with Crippen LogP contribution < -0.4 is 0 Å². The second-order valence-electron chi connectivity index (χ2n) is 3.88. The van der Waals surface area contributed by atoms with Gasteiger partial charge in [0.15, 0.2) is 5.82 Å². The fourth-order valence-electron chi connectivity index (χ4n) is 1.98. The van der Waals surface area contributed by atoms with Crippen LogP contribution in [-0.2, 0) is 10.0 Å². The third-order valence-corrected chi connectivity index (χ3v) is 4.70. The van der Waals surface area contributed by atoms with Gasteiger partial charge in [-0.2, -0.15) is 4.31 Å². The molecule has 94 valence electrons. The number of aliphatic hydroxyl groups excluding tert-OH is 1. The van der Waals surface area contributed by atoms with Gasteiger partial charge in [-0.25, -0.2) is 17.8 Å². The molecule has 0 amide bonds. The summed E-state index contributed by atoms with van der Waals surface area (Å²) in [5.74, 6) is -0.865. The van der Waals surface area contributed by atoms with E-state index in [9.17, 15) is 12.8 Å². The molecule has 17 heavy (non-hydrogen) atoms. The quantitative estimate of drug-likeness (QED) is 0.852. The van der Waals surface area contributed by atoms with Gasteiger partial charge in [0.1, 0.15) is 0 Å². The molecule has 0 spiro atoms. The number of aliphatic hydroxyl groups is 1. The molecule has 1 aromatic heterocycles. The lowest BCUT2D eigenvalue weighted by Crippen LogP contribution is -2.38. The average molecular weight is 260 g/mol. The Labute approximate surface area is 99.0 Å². The molecule has 2 rings (SSSR count). The van der Waals surface area contributed by atoms with Gasteiger partial charge in [0.25, 0.3) is 10.0 Å². The van der Waals surface area contributed by atoms with Crippen LogP contribution in [0, 0.1) is 5.82 Å². The van der Waals surface area contributed by atoms with Gasteiger partial charge in [-0.1, -0.05) is 0 Å². The first kappa shape index (κ1) is 12.4. The van der Waals surface area contributed by atoms with E-state index in [1.54, 1.807) is 0 Å². The first-order valence-corrected chi connectivity index (χ1v) is 6.74. The smallest absolute Gasteiger partial charge is 0.263 e. The van der Waals surface area contributed by atoms with E-state index in [-0.39, 0.29) is 6.61 Å². The fraction of sp³-hybridized carbons (Fsp3) is 0.500. The molecule has 1 aliphatic rings. The van der Waals surface area contributed by atoms with Gasteiger partial charge in [0.05, 0.1) is 6.61 Å². The Hall–Kier alpha value is -1.05. The standard InChI is InChI=1S/C10H13FN2O3S/c11-9-4-1-5-12-10(9)17(15,16)13-6-2-3-8(13)7-14/h1,4-5,8,14H,2-3,6-7H2/t8-/m1/s1. The third-order valence-electron chi connectivity index (χ3n) is 2.81. The number of hydrogen-bond acceptors (Lipinski definition) is 4. The van der Waals surface area contributed by atoms with Crippen molar-refractivity contribution in [2.24, 2.45) is 0 Å². The maximum absolute atomic E-state index is 13.4. The summed E-state index contributed by atoms with van der Waals surface area (Å²) in [6, 6.07) is 1.92. The summed E-state index contributed by atoms with van der Waals surface area (Å²) < 4.78 is 38.8. The van der Waals surface area contributed by atoms with Crippen LogP contribution in [0.1, 0.15) is 12.8 Å². The van der Waals surface area contributed by atoms with Crippen LogP contribution >= 0.6 is 0 Å². The second kappa shape index (κ2) is 4.67. The fourth-order valence-corrected chi connectivity index (χ4v) is 3.64. The summed E-state index contributed by atoms with van der Waals surface area (Å²) in [5, 5.41) is 8.53. The minimum absolute atomic E-state index is 0.256. The summed E-state index contributed by atoms with van der Waals surface area (Å²) in [4.78, 5) is 3.58. The summed E-state index contributed by atoms with van der Waals surface area (Å²) in [6.45, 7) is 0.0389. The molecule has 5 nitrogen and oxygen atoms in total. The van der Waals surface area contributed by atoms with Crippen molar-refractivity contribution in [3.05, 3.63) is 24.1 Å². The largest absolute Gasteiger partial charge is 0.395 e. The highest BCUT2D eigenvalue weighted by Gasteiger charge is 2.37. The molecule has 1 aromatic rings. The zero-order chi connectivity index (χ0) is 12.5. The van der Waals surface area contributed by atoms with E-state index in [4.69, 9.17) is 5.11 Å². The lowest BCUT2D eigenvalue weighted by atomic mass is 10.2. The number of aromatic nitrogens is 1. The molecular weight excluding hydrogens is 247 g/mol. The maximum Gasteiger partial charge on any atom is 0.263 e. The van der Waals surface area contributed by atoms with Crippen molar-refractivity contribution in [1.82, 2.24) is 9.29 Å². The molecule has 0 aromatic carbocycles. The average Bonchev–Trinajstić information content (AvgIpc) is 2.78.